The summed E-state index contributed by atoms with van der Waals surface area (Å²) in [6, 6.07) is 3.42. The summed E-state index contributed by atoms with van der Waals surface area (Å²) in [6.45, 7) is 2.64. The van der Waals surface area contributed by atoms with Gasteiger partial charge < -0.3 is 9.47 Å². The first kappa shape index (κ1) is 12.6. The van der Waals surface area contributed by atoms with E-state index in [-0.39, 0.29) is 5.78 Å². The summed E-state index contributed by atoms with van der Waals surface area (Å²) < 4.78 is 10.7. The van der Waals surface area contributed by atoms with Crippen LogP contribution in [0.25, 0.3) is 0 Å². The molecule has 1 heterocycles. The molecule has 0 aliphatic carbocycles. The van der Waals surface area contributed by atoms with Crippen LogP contribution in [0.15, 0.2) is 12.1 Å². The van der Waals surface area contributed by atoms with Crippen molar-refractivity contribution in [2.45, 2.75) is 13.0 Å². The van der Waals surface area contributed by atoms with E-state index in [2.05, 4.69) is 0 Å². The van der Waals surface area contributed by atoms with Crippen LogP contribution < -0.4 is 0 Å². The Labute approximate surface area is 98.0 Å². The van der Waals surface area contributed by atoms with Gasteiger partial charge in [0.1, 0.15) is 6.10 Å². The van der Waals surface area contributed by atoms with Crippen LogP contribution in [0.2, 0.25) is 4.34 Å². The van der Waals surface area contributed by atoms with Gasteiger partial charge in [0.15, 0.2) is 0 Å². The highest BCUT2D eigenvalue weighted by Crippen LogP contribution is 2.23. The van der Waals surface area contributed by atoms with Gasteiger partial charge in [0, 0.05) is 7.11 Å². The number of halogens is 1. The van der Waals surface area contributed by atoms with E-state index in [4.69, 9.17) is 21.1 Å². The second-order valence-corrected chi connectivity index (χ2v) is 4.69. The molecule has 0 spiro atoms. The highest BCUT2D eigenvalue weighted by atomic mass is 35.5. The molecule has 1 atom stereocenters. The third kappa shape index (κ3) is 3.91. The van der Waals surface area contributed by atoms with E-state index in [0.717, 1.165) is 0 Å². The molecule has 1 aromatic rings. The molecule has 0 amide bonds. The first-order valence-corrected chi connectivity index (χ1v) is 5.74. The van der Waals surface area contributed by atoms with Gasteiger partial charge in [-0.15, -0.1) is 11.3 Å². The molecule has 0 N–H and O–H groups in total. The van der Waals surface area contributed by atoms with Gasteiger partial charge in [0.25, 0.3) is 0 Å². The molecule has 0 aliphatic rings. The molecule has 1 rings (SSSR count). The fourth-order valence-corrected chi connectivity index (χ4v) is 2.09. The highest BCUT2D eigenvalue weighted by molar-refractivity contribution is 7.18. The Morgan fingerprint density at radius 3 is 2.80 bits per heavy atom. The lowest BCUT2D eigenvalue weighted by molar-refractivity contribution is 0.0259. The summed E-state index contributed by atoms with van der Waals surface area (Å²) in [4.78, 5) is 12.4. The molecule has 0 aliphatic heterocycles. The van der Waals surface area contributed by atoms with E-state index in [1.165, 1.54) is 11.3 Å². The predicted molar refractivity (Wildman–Crippen MR) is 60.9 cm³/mol. The molecule has 15 heavy (non-hydrogen) atoms. The maximum absolute atomic E-state index is 11.7. The molecule has 5 heteroatoms. The number of thiophene rings is 1. The Hall–Kier alpha value is -0.420. The summed E-state index contributed by atoms with van der Waals surface area (Å²) in [5.74, 6) is -0.0389. The van der Waals surface area contributed by atoms with Gasteiger partial charge in [-0.05, 0) is 19.1 Å². The number of hydrogen-bond donors (Lipinski definition) is 0. The van der Waals surface area contributed by atoms with Crippen molar-refractivity contribution in [2.75, 3.05) is 20.3 Å². The minimum absolute atomic E-state index is 0.0389. The predicted octanol–water partition coefficient (Wildman–Crippen LogP) is 2.64. The Balaban J connectivity index is 2.46. The van der Waals surface area contributed by atoms with Crippen LogP contribution >= 0.6 is 22.9 Å². The highest BCUT2D eigenvalue weighted by Gasteiger charge is 2.17. The number of methoxy groups -OCH3 is 1. The number of Topliss-reactive ketones (excluding diaryl/α,β-unsaturated/α-hetero) is 1. The zero-order valence-electron chi connectivity index (χ0n) is 8.66. The van der Waals surface area contributed by atoms with Crippen LogP contribution in [0.4, 0.5) is 0 Å². The van der Waals surface area contributed by atoms with E-state index in [1.54, 1.807) is 26.2 Å². The summed E-state index contributed by atoms with van der Waals surface area (Å²) in [5, 5.41) is 0. The topological polar surface area (TPSA) is 35.5 Å². The molecule has 3 nitrogen and oxygen atoms in total. The molecule has 0 fully saturated rings. The molecular formula is C10H13ClO3S. The van der Waals surface area contributed by atoms with Crippen LogP contribution in [0.5, 0.6) is 0 Å². The molecule has 1 aromatic heterocycles. The van der Waals surface area contributed by atoms with Crippen molar-refractivity contribution in [3.63, 3.8) is 0 Å². The minimum atomic E-state index is -0.449. The number of ketones is 1. The number of rotatable bonds is 6. The summed E-state index contributed by atoms with van der Waals surface area (Å²) in [7, 11) is 1.59. The third-order valence-electron chi connectivity index (χ3n) is 1.84. The smallest absolute Gasteiger partial charge is 0.201 e. The first-order valence-electron chi connectivity index (χ1n) is 4.55. The number of carbonyl (C=O) groups is 1. The number of ether oxygens (including phenoxy) is 2. The average molecular weight is 249 g/mol. The maximum atomic E-state index is 11.7. The van der Waals surface area contributed by atoms with Crippen LogP contribution in [0.1, 0.15) is 16.6 Å². The van der Waals surface area contributed by atoms with Gasteiger partial charge in [-0.2, -0.15) is 0 Å². The summed E-state index contributed by atoms with van der Waals surface area (Å²) in [5.41, 5.74) is 0. The van der Waals surface area contributed by atoms with E-state index in [0.29, 0.717) is 22.4 Å². The van der Waals surface area contributed by atoms with E-state index in [1.807, 2.05) is 0 Å². The van der Waals surface area contributed by atoms with Crippen molar-refractivity contribution in [3.8, 4) is 0 Å². The SMILES string of the molecule is COCCOC(C)C(=O)c1ccc(Cl)s1. The second kappa shape index (κ2) is 6.23. The number of carbonyl (C=O) groups excluding carboxylic acids is 1. The summed E-state index contributed by atoms with van der Waals surface area (Å²) >= 11 is 7.01. The Morgan fingerprint density at radius 2 is 2.27 bits per heavy atom. The van der Waals surface area contributed by atoms with Crippen molar-refractivity contribution in [2.24, 2.45) is 0 Å². The van der Waals surface area contributed by atoms with Gasteiger partial charge in [-0.1, -0.05) is 11.6 Å². The Kier molecular flexibility index (Phi) is 5.25. The first-order chi connectivity index (χ1) is 7.15. The molecule has 0 aromatic carbocycles. The third-order valence-corrected chi connectivity index (χ3v) is 3.09. The van der Waals surface area contributed by atoms with Crippen molar-refractivity contribution in [1.29, 1.82) is 0 Å². The van der Waals surface area contributed by atoms with Crippen LogP contribution in [-0.2, 0) is 9.47 Å². The van der Waals surface area contributed by atoms with Gasteiger partial charge >= 0.3 is 0 Å². The fraction of sp³-hybridized carbons (Fsp3) is 0.500. The van der Waals surface area contributed by atoms with Crippen molar-refractivity contribution in [3.05, 3.63) is 21.3 Å². The number of hydrogen-bond acceptors (Lipinski definition) is 4. The second-order valence-electron chi connectivity index (χ2n) is 2.97. The molecule has 0 saturated heterocycles. The summed E-state index contributed by atoms with van der Waals surface area (Å²) in [6.07, 6.45) is -0.449. The van der Waals surface area contributed by atoms with Gasteiger partial charge in [-0.3, -0.25) is 4.79 Å². The van der Waals surface area contributed by atoms with E-state index in [9.17, 15) is 4.79 Å². The fourth-order valence-electron chi connectivity index (χ4n) is 1.03. The largest absolute Gasteiger partial charge is 0.382 e. The van der Waals surface area contributed by atoms with Crippen molar-refractivity contribution < 1.29 is 14.3 Å². The Morgan fingerprint density at radius 1 is 1.53 bits per heavy atom. The molecule has 0 saturated carbocycles. The van der Waals surface area contributed by atoms with Crippen LogP contribution in [0.3, 0.4) is 0 Å². The quantitative estimate of drug-likeness (QED) is 0.574. The monoisotopic (exact) mass is 248 g/mol. The van der Waals surface area contributed by atoms with Gasteiger partial charge in [0.05, 0.1) is 22.4 Å². The van der Waals surface area contributed by atoms with E-state index < -0.39 is 6.10 Å². The Bertz CT molecular complexity index is 324. The average Bonchev–Trinajstić information content (AvgIpc) is 2.64. The van der Waals surface area contributed by atoms with E-state index >= 15 is 0 Å². The van der Waals surface area contributed by atoms with Gasteiger partial charge in [0.2, 0.25) is 5.78 Å². The van der Waals surface area contributed by atoms with Crippen molar-refractivity contribution >= 4 is 28.7 Å². The maximum Gasteiger partial charge on any atom is 0.201 e. The van der Waals surface area contributed by atoms with Crippen molar-refractivity contribution in [1.82, 2.24) is 0 Å². The lowest BCUT2D eigenvalue weighted by Crippen LogP contribution is -2.21. The zero-order valence-corrected chi connectivity index (χ0v) is 10.2. The lowest BCUT2D eigenvalue weighted by Gasteiger charge is -2.10. The van der Waals surface area contributed by atoms with Gasteiger partial charge in [-0.25, -0.2) is 0 Å². The molecule has 0 radical (unpaired) electrons. The molecule has 0 bridgehead atoms. The molecule has 1 unspecified atom stereocenters. The standard InChI is InChI=1S/C10H13ClO3S/c1-7(14-6-5-13-2)10(12)8-3-4-9(11)15-8/h3-4,7H,5-6H2,1-2H3. The lowest BCUT2D eigenvalue weighted by atomic mass is 10.2. The minimum Gasteiger partial charge on any atom is -0.382 e. The van der Waals surface area contributed by atoms with Crippen LogP contribution in [0, 0.1) is 0 Å². The molecular weight excluding hydrogens is 236 g/mol. The normalized spacial score (nSPS) is 12.7. The van der Waals surface area contributed by atoms with Crippen LogP contribution in [-0.4, -0.2) is 32.2 Å². The zero-order chi connectivity index (χ0) is 11.3. The molecule has 84 valence electrons.